The molecule has 0 aromatic carbocycles. The summed E-state index contributed by atoms with van der Waals surface area (Å²) in [6.45, 7) is 10.9. The van der Waals surface area contributed by atoms with E-state index in [-0.39, 0.29) is 22.6 Å². The smallest absolute Gasteiger partial charge is 0.223 e. The van der Waals surface area contributed by atoms with Crippen LogP contribution in [-0.4, -0.2) is 38.3 Å². The first-order valence-corrected chi connectivity index (χ1v) is 11.6. The summed E-state index contributed by atoms with van der Waals surface area (Å²) < 4.78 is 0. The maximum Gasteiger partial charge on any atom is 0.223 e. The van der Waals surface area contributed by atoms with Crippen LogP contribution < -0.4 is 10.6 Å². The van der Waals surface area contributed by atoms with Crippen molar-refractivity contribution < 1.29 is 5.11 Å². The quantitative estimate of drug-likeness (QED) is 0.637. The molecule has 6 heteroatoms. The Balaban J connectivity index is 1.50. The summed E-state index contributed by atoms with van der Waals surface area (Å²) in [6, 6.07) is 6.73. The van der Waals surface area contributed by atoms with Crippen LogP contribution >= 0.6 is 11.3 Å². The van der Waals surface area contributed by atoms with Crippen molar-refractivity contribution in [2.75, 3.05) is 5.32 Å². The second-order valence-corrected chi connectivity index (χ2v) is 11.5. The molecule has 0 spiro atoms. The fourth-order valence-electron chi connectivity index (χ4n) is 5.20. The van der Waals surface area contributed by atoms with E-state index in [0.717, 1.165) is 25.0 Å². The molecule has 1 atom stereocenters. The summed E-state index contributed by atoms with van der Waals surface area (Å²) in [5, 5.41) is 17.2. The highest BCUT2D eigenvalue weighted by atomic mass is 32.1. The minimum atomic E-state index is -0.253. The van der Waals surface area contributed by atoms with E-state index in [9.17, 15) is 5.11 Å². The van der Waals surface area contributed by atoms with Gasteiger partial charge >= 0.3 is 0 Å². The maximum absolute atomic E-state index is 9.85. The second-order valence-electron chi connectivity index (χ2n) is 10.4. The van der Waals surface area contributed by atoms with Crippen molar-refractivity contribution in [3.63, 3.8) is 0 Å². The molecule has 1 aliphatic carbocycles. The Hall–Kier alpha value is -1.50. The minimum Gasteiger partial charge on any atom is -0.393 e. The third-order valence-corrected chi connectivity index (χ3v) is 7.45. The van der Waals surface area contributed by atoms with Crippen LogP contribution in [-0.2, 0) is 5.41 Å². The highest BCUT2D eigenvalue weighted by molar-refractivity contribution is 7.15. The largest absolute Gasteiger partial charge is 0.393 e. The maximum atomic E-state index is 9.85. The number of nitrogens with zero attached hydrogens (tertiary/aromatic N) is 2. The van der Waals surface area contributed by atoms with Gasteiger partial charge in [0, 0.05) is 33.6 Å². The molecule has 2 fully saturated rings. The molecule has 3 N–H and O–H groups in total. The Kier molecular flexibility index (Phi) is 5.24. The highest BCUT2D eigenvalue weighted by Gasteiger charge is 2.46. The summed E-state index contributed by atoms with van der Waals surface area (Å²) >= 11 is 1.81. The van der Waals surface area contributed by atoms with Crippen molar-refractivity contribution in [2.45, 2.75) is 95.4 Å². The zero-order chi connectivity index (χ0) is 20.9. The molecule has 0 radical (unpaired) electrons. The fourth-order valence-corrected chi connectivity index (χ4v) is 6.43. The first-order valence-electron chi connectivity index (χ1n) is 10.7. The van der Waals surface area contributed by atoms with Crippen LogP contribution in [0.15, 0.2) is 24.4 Å². The van der Waals surface area contributed by atoms with Gasteiger partial charge < -0.3 is 15.7 Å². The van der Waals surface area contributed by atoms with Crippen LogP contribution in [0.3, 0.4) is 0 Å². The standard InChI is InChI=1S/C23H34N4OS/c1-15(28)12-23(9-10-23)19-7-6-18(29-19)17-8-11-24-20(26-17)25-16-13-21(2,3)27-22(4,5)14-16/h6-8,11,15-16,27-28H,9-10,12-14H2,1-5H3,(H,24,25,26). The molecule has 4 rings (SSSR count). The third-order valence-electron chi connectivity index (χ3n) is 6.10. The van der Waals surface area contributed by atoms with Gasteiger partial charge in [-0.3, -0.25) is 0 Å². The molecule has 158 valence electrons. The number of nitrogens with one attached hydrogen (secondary N) is 2. The molecule has 1 saturated heterocycles. The minimum absolute atomic E-state index is 0.0854. The van der Waals surface area contributed by atoms with Gasteiger partial charge in [0.05, 0.1) is 16.7 Å². The van der Waals surface area contributed by atoms with Crippen LogP contribution in [0.4, 0.5) is 5.95 Å². The van der Waals surface area contributed by atoms with Crippen molar-refractivity contribution in [1.29, 1.82) is 0 Å². The lowest BCUT2D eigenvalue weighted by Gasteiger charge is -2.46. The third kappa shape index (κ3) is 4.81. The van der Waals surface area contributed by atoms with Crippen LogP contribution in [0.1, 0.15) is 71.6 Å². The van der Waals surface area contributed by atoms with Crippen molar-refractivity contribution in [3.05, 3.63) is 29.3 Å². The molecular formula is C23H34N4OS. The number of rotatable bonds is 6. The average molecular weight is 415 g/mol. The molecule has 0 amide bonds. The Morgan fingerprint density at radius 3 is 2.48 bits per heavy atom. The summed E-state index contributed by atoms with van der Waals surface area (Å²) in [5.41, 5.74) is 1.33. The Morgan fingerprint density at radius 1 is 1.17 bits per heavy atom. The van der Waals surface area contributed by atoms with Gasteiger partial charge in [0.2, 0.25) is 5.95 Å². The van der Waals surface area contributed by atoms with Crippen molar-refractivity contribution in [1.82, 2.24) is 15.3 Å². The van der Waals surface area contributed by atoms with Crippen molar-refractivity contribution in [3.8, 4) is 10.6 Å². The predicted molar refractivity (Wildman–Crippen MR) is 120 cm³/mol. The van der Waals surface area contributed by atoms with Gasteiger partial charge in [-0.15, -0.1) is 11.3 Å². The van der Waals surface area contributed by atoms with E-state index in [0.29, 0.717) is 12.0 Å². The Labute approximate surface area is 178 Å². The molecule has 2 aromatic rings. The van der Waals surface area contributed by atoms with Crippen molar-refractivity contribution >= 4 is 17.3 Å². The molecule has 1 aliphatic heterocycles. The van der Waals surface area contributed by atoms with E-state index in [1.165, 1.54) is 22.6 Å². The van der Waals surface area contributed by atoms with E-state index in [1.54, 1.807) is 0 Å². The number of thiophene rings is 1. The SMILES string of the molecule is CC(O)CC1(c2ccc(-c3ccnc(NC4CC(C)(C)NC(C)(C)C4)n3)s2)CC1. The number of hydrogen-bond donors (Lipinski definition) is 3. The first kappa shape index (κ1) is 20.8. The normalized spacial score (nSPS) is 23.5. The zero-order valence-corrected chi connectivity index (χ0v) is 19.1. The van der Waals surface area contributed by atoms with Crippen LogP contribution in [0.5, 0.6) is 0 Å². The number of aromatic nitrogens is 2. The zero-order valence-electron chi connectivity index (χ0n) is 18.2. The number of hydrogen-bond acceptors (Lipinski definition) is 6. The van der Waals surface area contributed by atoms with Crippen LogP contribution in [0, 0.1) is 0 Å². The van der Waals surface area contributed by atoms with E-state index >= 15 is 0 Å². The summed E-state index contributed by atoms with van der Waals surface area (Å²) in [4.78, 5) is 11.9. The lowest BCUT2D eigenvalue weighted by molar-refractivity contribution is 0.170. The number of aliphatic hydroxyl groups is 1. The molecule has 29 heavy (non-hydrogen) atoms. The number of piperidine rings is 1. The summed E-state index contributed by atoms with van der Waals surface area (Å²) in [5.74, 6) is 0.709. The van der Waals surface area contributed by atoms with E-state index in [2.05, 4.69) is 55.4 Å². The van der Waals surface area contributed by atoms with Gasteiger partial charge in [-0.25, -0.2) is 9.97 Å². The van der Waals surface area contributed by atoms with Crippen LogP contribution in [0.2, 0.25) is 0 Å². The van der Waals surface area contributed by atoms with Gasteiger partial charge in [-0.05, 0) is 84.9 Å². The average Bonchev–Trinajstić information content (AvgIpc) is 3.16. The molecule has 5 nitrogen and oxygen atoms in total. The van der Waals surface area contributed by atoms with E-state index in [4.69, 9.17) is 4.98 Å². The second kappa shape index (κ2) is 7.33. The summed E-state index contributed by atoms with van der Waals surface area (Å²) in [7, 11) is 0. The number of anilines is 1. The van der Waals surface area contributed by atoms with Gasteiger partial charge in [-0.1, -0.05) is 0 Å². The topological polar surface area (TPSA) is 70.1 Å². The van der Waals surface area contributed by atoms with E-state index in [1.807, 2.05) is 30.5 Å². The molecule has 0 bridgehead atoms. The van der Waals surface area contributed by atoms with Gasteiger partial charge in [-0.2, -0.15) is 0 Å². The summed E-state index contributed by atoms with van der Waals surface area (Å²) in [6.07, 6.45) is 6.88. The van der Waals surface area contributed by atoms with E-state index < -0.39 is 0 Å². The van der Waals surface area contributed by atoms with Gasteiger partial charge in [0.25, 0.3) is 0 Å². The van der Waals surface area contributed by atoms with Crippen LogP contribution in [0.25, 0.3) is 10.6 Å². The number of aliphatic hydroxyl groups excluding tert-OH is 1. The Morgan fingerprint density at radius 2 is 1.86 bits per heavy atom. The molecule has 1 unspecified atom stereocenters. The highest BCUT2D eigenvalue weighted by Crippen LogP contribution is 2.54. The fraction of sp³-hybridized carbons (Fsp3) is 0.652. The first-order chi connectivity index (χ1) is 13.6. The predicted octanol–water partition coefficient (Wildman–Crippen LogP) is 4.73. The molecular weight excluding hydrogens is 380 g/mol. The van der Waals surface area contributed by atoms with Crippen molar-refractivity contribution in [2.24, 2.45) is 0 Å². The monoisotopic (exact) mass is 414 g/mol. The molecule has 2 aromatic heterocycles. The lowest BCUT2D eigenvalue weighted by atomic mass is 9.80. The molecule has 3 heterocycles. The van der Waals surface area contributed by atoms with Gasteiger partial charge in [0.15, 0.2) is 0 Å². The molecule has 1 saturated carbocycles. The van der Waals surface area contributed by atoms with Gasteiger partial charge in [0.1, 0.15) is 0 Å². The Bertz CT molecular complexity index is 853. The lowest BCUT2D eigenvalue weighted by Crippen LogP contribution is -2.60. The molecule has 2 aliphatic rings.